The van der Waals surface area contributed by atoms with Crippen molar-refractivity contribution in [2.45, 2.75) is 83.7 Å². The number of hydrogen-bond donors (Lipinski definition) is 1. The molecule has 0 heterocycles. The van der Waals surface area contributed by atoms with Gasteiger partial charge in [0.2, 0.25) is 0 Å². The normalized spacial score (nSPS) is 17.4. The van der Waals surface area contributed by atoms with Crippen molar-refractivity contribution in [3.8, 4) is 5.75 Å². The molecule has 1 aromatic rings. The summed E-state index contributed by atoms with van der Waals surface area (Å²) in [5, 5.41) is 3.93. The van der Waals surface area contributed by atoms with Crippen molar-refractivity contribution in [2.24, 2.45) is 0 Å². The van der Waals surface area contributed by atoms with Gasteiger partial charge in [-0.15, -0.1) is 0 Å². The molecule has 0 amide bonds. The molecule has 1 saturated carbocycles. The summed E-state index contributed by atoms with van der Waals surface area (Å²) < 4.78 is 5.29. The third kappa shape index (κ3) is 5.66. The van der Waals surface area contributed by atoms with Crippen molar-refractivity contribution in [3.05, 3.63) is 41.5 Å². The van der Waals surface area contributed by atoms with E-state index in [9.17, 15) is 0 Å². The molecular formula is C22H35NO. The van der Waals surface area contributed by atoms with E-state index in [1.807, 2.05) is 0 Å². The Kier molecular flexibility index (Phi) is 6.91. The maximum atomic E-state index is 5.29. The van der Waals surface area contributed by atoms with E-state index in [0.717, 1.165) is 12.2 Å². The Hall–Kier alpha value is -1.28. The number of allylic oxidation sites excluding steroid dienone is 1. The van der Waals surface area contributed by atoms with Gasteiger partial charge in [-0.2, -0.15) is 0 Å². The highest BCUT2D eigenvalue weighted by molar-refractivity contribution is 5.32. The minimum atomic E-state index is 0.130. The summed E-state index contributed by atoms with van der Waals surface area (Å²) in [6.45, 7) is 9.11. The second-order valence-corrected chi connectivity index (χ2v) is 8.17. The Morgan fingerprint density at radius 1 is 1.17 bits per heavy atom. The number of hydrogen-bond acceptors (Lipinski definition) is 2. The molecule has 1 fully saturated rings. The van der Waals surface area contributed by atoms with E-state index in [1.165, 1.54) is 43.2 Å². The second kappa shape index (κ2) is 8.71. The zero-order valence-corrected chi connectivity index (χ0v) is 16.2. The summed E-state index contributed by atoms with van der Waals surface area (Å²) in [6, 6.07) is 9.68. The Bertz CT molecular complexity index is 519. The van der Waals surface area contributed by atoms with E-state index in [1.54, 1.807) is 7.11 Å². The average molecular weight is 330 g/mol. The smallest absolute Gasteiger partial charge is 0.118 e. The molecule has 0 spiro atoms. The lowest BCUT2D eigenvalue weighted by Crippen LogP contribution is -2.41. The zero-order valence-electron chi connectivity index (χ0n) is 16.2. The van der Waals surface area contributed by atoms with Crippen LogP contribution in [0.25, 0.3) is 0 Å². The van der Waals surface area contributed by atoms with E-state index in [4.69, 9.17) is 4.74 Å². The summed E-state index contributed by atoms with van der Waals surface area (Å²) in [7, 11) is 1.72. The standard InChI is InChI=1S/C22H35NO/c1-17(2)15-20(23-19-9-7-6-8-10-19)16-22(3,4)18-11-13-21(24-5)14-12-18/h11-15,19-20,23H,6-10,16H2,1-5H3. The van der Waals surface area contributed by atoms with Gasteiger partial charge in [-0.25, -0.2) is 0 Å². The first kappa shape index (κ1) is 19.1. The van der Waals surface area contributed by atoms with E-state index in [-0.39, 0.29) is 5.41 Å². The number of methoxy groups -OCH3 is 1. The monoisotopic (exact) mass is 329 g/mol. The van der Waals surface area contributed by atoms with Crippen molar-refractivity contribution in [1.29, 1.82) is 0 Å². The van der Waals surface area contributed by atoms with Gasteiger partial charge in [-0.3, -0.25) is 0 Å². The fraction of sp³-hybridized carbons (Fsp3) is 0.636. The van der Waals surface area contributed by atoms with Crippen LogP contribution in [-0.2, 0) is 5.41 Å². The molecule has 0 saturated heterocycles. The lowest BCUT2D eigenvalue weighted by Gasteiger charge is -2.33. The first-order valence-corrected chi connectivity index (χ1v) is 9.46. The van der Waals surface area contributed by atoms with Crippen LogP contribution in [0.3, 0.4) is 0 Å². The highest BCUT2D eigenvalue weighted by Gasteiger charge is 2.26. The highest BCUT2D eigenvalue weighted by atomic mass is 16.5. The predicted octanol–water partition coefficient (Wildman–Crippen LogP) is 5.62. The van der Waals surface area contributed by atoms with E-state index in [2.05, 4.69) is 63.4 Å². The maximum absolute atomic E-state index is 5.29. The predicted molar refractivity (Wildman–Crippen MR) is 104 cm³/mol. The molecule has 1 aliphatic carbocycles. The molecule has 0 radical (unpaired) electrons. The number of ether oxygens (including phenoxy) is 1. The molecule has 1 N–H and O–H groups in total. The minimum absolute atomic E-state index is 0.130. The van der Waals surface area contributed by atoms with E-state index < -0.39 is 0 Å². The molecule has 2 nitrogen and oxygen atoms in total. The molecule has 0 aromatic heterocycles. The van der Waals surface area contributed by atoms with Crippen LogP contribution in [0.5, 0.6) is 5.75 Å². The molecule has 1 unspecified atom stereocenters. The van der Waals surface area contributed by atoms with Gasteiger partial charge in [0, 0.05) is 12.1 Å². The Balaban J connectivity index is 2.08. The molecule has 0 aliphatic heterocycles. The molecule has 2 rings (SSSR count). The van der Waals surface area contributed by atoms with Gasteiger partial charge in [0.15, 0.2) is 0 Å². The Morgan fingerprint density at radius 3 is 2.33 bits per heavy atom. The molecular weight excluding hydrogens is 294 g/mol. The summed E-state index contributed by atoms with van der Waals surface area (Å²) in [6.07, 6.45) is 10.3. The fourth-order valence-corrected chi connectivity index (χ4v) is 3.85. The van der Waals surface area contributed by atoms with Crippen LogP contribution >= 0.6 is 0 Å². The van der Waals surface area contributed by atoms with Crippen molar-refractivity contribution < 1.29 is 4.74 Å². The van der Waals surface area contributed by atoms with Crippen molar-refractivity contribution >= 4 is 0 Å². The van der Waals surface area contributed by atoms with Gasteiger partial charge in [-0.05, 0) is 56.2 Å². The van der Waals surface area contributed by atoms with Crippen molar-refractivity contribution in [1.82, 2.24) is 5.32 Å². The van der Waals surface area contributed by atoms with Crippen molar-refractivity contribution in [2.75, 3.05) is 7.11 Å². The highest BCUT2D eigenvalue weighted by Crippen LogP contribution is 2.31. The van der Waals surface area contributed by atoms with Crippen LogP contribution in [0.4, 0.5) is 0 Å². The summed E-state index contributed by atoms with van der Waals surface area (Å²) in [5.41, 5.74) is 2.90. The Morgan fingerprint density at radius 2 is 1.79 bits per heavy atom. The molecule has 1 atom stereocenters. The Labute approximate surface area is 148 Å². The SMILES string of the molecule is COc1ccc(C(C)(C)CC(C=C(C)C)NC2CCCCC2)cc1. The topological polar surface area (TPSA) is 21.3 Å². The van der Waals surface area contributed by atoms with Gasteiger partial charge in [0.25, 0.3) is 0 Å². The van der Waals surface area contributed by atoms with Gasteiger partial charge >= 0.3 is 0 Å². The first-order valence-electron chi connectivity index (χ1n) is 9.46. The number of benzene rings is 1. The van der Waals surface area contributed by atoms with Gasteiger partial charge in [0.05, 0.1) is 7.11 Å². The quantitative estimate of drug-likeness (QED) is 0.656. The number of nitrogens with one attached hydrogen (secondary N) is 1. The minimum Gasteiger partial charge on any atom is -0.497 e. The summed E-state index contributed by atoms with van der Waals surface area (Å²) >= 11 is 0. The van der Waals surface area contributed by atoms with E-state index >= 15 is 0 Å². The zero-order chi connectivity index (χ0) is 17.6. The average Bonchev–Trinajstić information content (AvgIpc) is 2.55. The number of rotatable bonds is 7. The van der Waals surface area contributed by atoms with Crippen molar-refractivity contribution in [3.63, 3.8) is 0 Å². The van der Waals surface area contributed by atoms with Crippen LogP contribution in [0.15, 0.2) is 35.9 Å². The molecule has 2 heteroatoms. The van der Waals surface area contributed by atoms with E-state index in [0.29, 0.717) is 12.1 Å². The second-order valence-electron chi connectivity index (χ2n) is 8.17. The van der Waals surface area contributed by atoms with Gasteiger partial charge in [0.1, 0.15) is 5.75 Å². The molecule has 0 bridgehead atoms. The van der Waals surface area contributed by atoms with Crippen LogP contribution < -0.4 is 10.1 Å². The largest absolute Gasteiger partial charge is 0.497 e. The molecule has 1 aliphatic rings. The van der Waals surface area contributed by atoms with Crippen LogP contribution in [0, 0.1) is 0 Å². The summed E-state index contributed by atoms with van der Waals surface area (Å²) in [4.78, 5) is 0. The lowest BCUT2D eigenvalue weighted by atomic mass is 9.78. The van der Waals surface area contributed by atoms with Gasteiger partial charge in [-0.1, -0.05) is 56.9 Å². The van der Waals surface area contributed by atoms with Crippen LogP contribution in [0.1, 0.15) is 71.8 Å². The van der Waals surface area contributed by atoms with Crippen LogP contribution in [0.2, 0.25) is 0 Å². The fourth-order valence-electron chi connectivity index (χ4n) is 3.85. The third-order valence-corrected chi connectivity index (χ3v) is 5.19. The first-order chi connectivity index (χ1) is 11.4. The lowest BCUT2D eigenvalue weighted by molar-refractivity contribution is 0.321. The molecule has 134 valence electrons. The maximum Gasteiger partial charge on any atom is 0.118 e. The molecule has 24 heavy (non-hydrogen) atoms. The van der Waals surface area contributed by atoms with Crippen LogP contribution in [-0.4, -0.2) is 19.2 Å². The van der Waals surface area contributed by atoms with Gasteiger partial charge < -0.3 is 10.1 Å². The summed E-state index contributed by atoms with van der Waals surface area (Å²) in [5.74, 6) is 0.927. The third-order valence-electron chi connectivity index (χ3n) is 5.19. The molecule has 1 aromatic carbocycles.